The Morgan fingerprint density at radius 2 is 2.05 bits per heavy atom. The highest BCUT2D eigenvalue weighted by molar-refractivity contribution is 5.56. The SMILES string of the molecule is CCCCOc1ncc(F)c(Nc2ccccc2)n1. The summed E-state index contributed by atoms with van der Waals surface area (Å²) in [5, 5.41) is 2.90. The van der Waals surface area contributed by atoms with Crippen LogP contribution in [0.25, 0.3) is 0 Å². The van der Waals surface area contributed by atoms with Crippen LogP contribution in [-0.4, -0.2) is 16.6 Å². The van der Waals surface area contributed by atoms with Crippen LogP contribution in [0.1, 0.15) is 19.8 Å². The minimum atomic E-state index is -0.508. The number of nitrogens with zero attached hydrogens (tertiary/aromatic N) is 2. The number of rotatable bonds is 6. The van der Waals surface area contributed by atoms with Crippen molar-refractivity contribution in [2.45, 2.75) is 19.8 Å². The van der Waals surface area contributed by atoms with Gasteiger partial charge >= 0.3 is 6.01 Å². The predicted octanol–water partition coefficient (Wildman–Crippen LogP) is 3.54. The number of benzene rings is 1. The van der Waals surface area contributed by atoms with E-state index in [9.17, 15) is 4.39 Å². The van der Waals surface area contributed by atoms with Gasteiger partial charge in [-0.3, -0.25) is 0 Å². The Hall–Kier alpha value is -2.17. The summed E-state index contributed by atoms with van der Waals surface area (Å²) in [6.45, 7) is 2.60. The Bertz CT molecular complexity index is 519. The van der Waals surface area contributed by atoms with E-state index in [0.717, 1.165) is 24.7 Å². The first-order valence-corrected chi connectivity index (χ1v) is 6.27. The Labute approximate surface area is 111 Å². The van der Waals surface area contributed by atoms with E-state index >= 15 is 0 Å². The fourth-order valence-electron chi connectivity index (χ4n) is 1.47. The van der Waals surface area contributed by atoms with Crippen molar-refractivity contribution >= 4 is 11.5 Å². The summed E-state index contributed by atoms with van der Waals surface area (Å²) in [5.41, 5.74) is 0.764. The standard InChI is InChI=1S/C14H16FN3O/c1-2-3-9-19-14-16-10-12(15)13(18-14)17-11-7-5-4-6-8-11/h4-8,10H,2-3,9H2,1H3,(H,16,17,18). The molecule has 0 bridgehead atoms. The maximum absolute atomic E-state index is 13.6. The van der Waals surface area contributed by atoms with Gasteiger partial charge in [0.25, 0.3) is 0 Å². The topological polar surface area (TPSA) is 47.0 Å². The summed E-state index contributed by atoms with van der Waals surface area (Å²) >= 11 is 0. The number of nitrogens with one attached hydrogen (secondary N) is 1. The fraction of sp³-hybridized carbons (Fsp3) is 0.286. The molecule has 0 spiro atoms. The number of halogens is 1. The molecule has 0 radical (unpaired) electrons. The van der Waals surface area contributed by atoms with E-state index in [0.29, 0.717) is 6.61 Å². The highest BCUT2D eigenvalue weighted by Gasteiger charge is 2.07. The number of hydrogen-bond donors (Lipinski definition) is 1. The van der Waals surface area contributed by atoms with Gasteiger partial charge in [0.2, 0.25) is 0 Å². The van der Waals surface area contributed by atoms with Gasteiger partial charge in [0, 0.05) is 5.69 Å². The molecule has 0 fully saturated rings. The lowest BCUT2D eigenvalue weighted by Crippen LogP contribution is -2.04. The molecule has 2 rings (SSSR count). The molecule has 0 aliphatic carbocycles. The minimum Gasteiger partial charge on any atom is -0.463 e. The van der Waals surface area contributed by atoms with Gasteiger partial charge in [-0.05, 0) is 18.6 Å². The third kappa shape index (κ3) is 3.91. The molecule has 0 aliphatic heterocycles. The summed E-state index contributed by atoms with van der Waals surface area (Å²) in [5.74, 6) is -0.389. The third-order valence-corrected chi connectivity index (χ3v) is 2.49. The van der Waals surface area contributed by atoms with Gasteiger partial charge in [-0.2, -0.15) is 4.98 Å². The van der Waals surface area contributed by atoms with E-state index in [-0.39, 0.29) is 11.8 Å². The zero-order valence-electron chi connectivity index (χ0n) is 10.8. The van der Waals surface area contributed by atoms with Crippen LogP contribution in [0.4, 0.5) is 15.9 Å². The lowest BCUT2D eigenvalue weighted by atomic mass is 10.3. The first kappa shape index (κ1) is 13.3. The maximum Gasteiger partial charge on any atom is 0.318 e. The van der Waals surface area contributed by atoms with Crippen molar-refractivity contribution in [1.29, 1.82) is 0 Å². The van der Waals surface area contributed by atoms with E-state index in [1.54, 1.807) is 0 Å². The Morgan fingerprint density at radius 3 is 2.79 bits per heavy atom. The summed E-state index contributed by atoms with van der Waals surface area (Å²) < 4.78 is 19.0. The van der Waals surface area contributed by atoms with Gasteiger partial charge in [-0.1, -0.05) is 31.5 Å². The van der Waals surface area contributed by atoms with Crippen LogP contribution in [0.3, 0.4) is 0 Å². The molecule has 100 valence electrons. The summed E-state index contributed by atoms with van der Waals surface area (Å²) in [6, 6.07) is 9.47. The normalized spacial score (nSPS) is 10.2. The minimum absolute atomic E-state index is 0.118. The zero-order valence-corrected chi connectivity index (χ0v) is 10.8. The molecule has 1 N–H and O–H groups in total. The van der Waals surface area contributed by atoms with Crippen molar-refractivity contribution in [1.82, 2.24) is 9.97 Å². The van der Waals surface area contributed by atoms with Crippen molar-refractivity contribution in [3.05, 3.63) is 42.3 Å². The molecule has 0 aliphatic rings. The Balaban J connectivity index is 2.09. The van der Waals surface area contributed by atoms with Gasteiger partial charge in [0.1, 0.15) is 0 Å². The molecule has 0 saturated carbocycles. The Kier molecular flexibility index (Phi) is 4.66. The Morgan fingerprint density at radius 1 is 1.26 bits per heavy atom. The highest BCUT2D eigenvalue weighted by Crippen LogP contribution is 2.18. The smallest absolute Gasteiger partial charge is 0.318 e. The van der Waals surface area contributed by atoms with E-state index < -0.39 is 5.82 Å². The lowest BCUT2D eigenvalue weighted by molar-refractivity contribution is 0.284. The summed E-state index contributed by atoms with van der Waals surface area (Å²) in [6.07, 6.45) is 3.05. The predicted molar refractivity (Wildman–Crippen MR) is 72.1 cm³/mol. The molecule has 0 amide bonds. The second-order valence-electron chi connectivity index (χ2n) is 4.04. The average molecular weight is 261 g/mol. The van der Waals surface area contributed by atoms with Crippen molar-refractivity contribution in [3.63, 3.8) is 0 Å². The van der Waals surface area contributed by atoms with Crippen LogP contribution in [0.15, 0.2) is 36.5 Å². The quantitative estimate of drug-likeness (QED) is 0.808. The molecule has 0 unspecified atom stereocenters. The molecule has 4 nitrogen and oxygen atoms in total. The van der Waals surface area contributed by atoms with E-state index in [1.807, 2.05) is 30.3 Å². The van der Waals surface area contributed by atoms with Gasteiger partial charge in [-0.15, -0.1) is 0 Å². The van der Waals surface area contributed by atoms with Gasteiger partial charge in [0.15, 0.2) is 11.6 Å². The number of ether oxygens (including phenoxy) is 1. The molecule has 1 heterocycles. The van der Waals surface area contributed by atoms with Crippen molar-refractivity contribution in [3.8, 4) is 6.01 Å². The second kappa shape index (κ2) is 6.68. The molecule has 1 aromatic heterocycles. The molecule has 19 heavy (non-hydrogen) atoms. The monoisotopic (exact) mass is 261 g/mol. The molecule has 5 heteroatoms. The molecular formula is C14H16FN3O. The number of anilines is 2. The van der Waals surface area contributed by atoms with Crippen LogP contribution >= 0.6 is 0 Å². The number of para-hydroxylation sites is 1. The number of hydrogen-bond acceptors (Lipinski definition) is 4. The van der Waals surface area contributed by atoms with Crippen molar-refractivity contribution < 1.29 is 9.13 Å². The van der Waals surface area contributed by atoms with E-state index in [4.69, 9.17) is 4.74 Å². The van der Waals surface area contributed by atoms with Crippen molar-refractivity contribution in [2.75, 3.05) is 11.9 Å². The molecule has 0 saturated heterocycles. The van der Waals surface area contributed by atoms with Gasteiger partial charge < -0.3 is 10.1 Å². The summed E-state index contributed by atoms with van der Waals surface area (Å²) in [4.78, 5) is 7.82. The first-order chi connectivity index (χ1) is 9.29. The molecule has 0 atom stereocenters. The largest absolute Gasteiger partial charge is 0.463 e. The van der Waals surface area contributed by atoms with Crippen LogP contribution in [-0.2, 0) is 0 Å². The van der Waals surface area contributed by atoms with E-state index in [1.165, 1.54) is 0 Å². The summed E-state index contributed by atoms with van der Waals surface area (Å²) in [7, 11) is 0. The zero-order chi connectivity index (χ0) is 13.5. The number of aromatic nitrogens is 2. The fourth-order valence-corrected chi connectivity index (χ4v) is 1.47. The van der Waals surface area contributed by atoms with Crippen LogP contribution in [0.2, 0.25) is 0 Å². The van der Waals surface area contributed by atoms with Crippen LogP contribution in [0.5, 0.6) is 6.01 Å². The second-order valence-corrected chi connectivity index (χ2v) is 4.04. The van der Waals surface area contributed by atoms with Gasteiger partial charge in [-0.25, -0.2) is 9.37 Å². The van der Waals surface area contributed by atoms with Crippen molar-refractivity contribution in [2.24, 2.45) is 0 Å². The van der Waals surface area contributed by atoms with E-state index in [2.05, 4.69) is 22.2 Å². The maximum atomic E-state index is 13.6. The lowest BCUT2D eigenvalue weighted by Gasteiger charge is -2.08. The van der Waals surface area contributed by atoms with Crippen LogP contribution in [0, 0.1) is 5.82 Å². The number of unbranched alkanes of at least 4 members (excludes halogenated alkanes) is 1. The highest BCUT2D eigenvalue weighted by atomic mass is 19.1. The first-order valence-electron chi connectivity index (χ1n) is 6.27. The third-order valence-electron chi connectivity index (χ3n) is 2.49. The molecular weight excluding hydrogens is 245 g/mol. The molecule has 1 aromatic carbocycles. The molecule has 2 aromatic rings. The average Bonchev–Trinajstić information content (AvgIpc) is 2.44. The van der Waals surface area contributed by atoms with Crippen LogP contribution < -0.4 is 10.1 Å². The van der Waals surface area contributed by atoms with Gasteiger partial charge in [0.05, 0.1) is 12.8 Å².